The van der Waals surface area contributed by atoms with E-state index in [1.807, 2.05) is 5.32 Å². The van der Waals surface area contributed by atoms with Crippen LogP contribution in [0.4, 0.5) is 54.8 Å². The van der Waals surface area contributed by atoms with Crippen LogP contribution < -0.4 is 21.8 Å². The first-order valence-corrected chi connectivity index (χ1v) is 20.2. The van der Waals surface area contributed by atoms with Crippen LogP contribution in [0.15, 0.2) is 85.2 Å². The van der Waals surface area contributed by atoms with Crippen molar-refractivity contribution >= 4 is 81.9 Å². The summed E-state index contributed by atoms with van der Waals surface area (Å²) in [5.41, 5.74) is -25.7. The van der Waals surface area contributed by atoms with Gasteiger partial charge < -0.3 is 51.5 Å². The molecular weight excluding hydrogens is 1070 g/mol. The highest BCUT2D eigenvalue weighted by molar-refractivity contribution is 6.12. The number of carbonyl (C=O) groups is 8. The van der Waals surface area contributed by atoms with E-state index in [1.165, 1.54) is 0 Å². The molecule has 10 N–H and O–H groups in total. The van der Waals surface area contributed by atoms with Crippen LogP contribution in [0.1, 0.15) is 99.6 Å². The second-order valence-electron chi connectivity index (χ2n) is 14.9. The largest absolute Gasteiger partial charge is 0.493 e. The number of hydrogen-bond acceptors (Lipinski definition) is 17. The predicted octanol–water partition coefficient (Wildman–Crippen LogP) is 6.19. The van der Waals surface area contributed by atoms with Gasteiger partial charge in [0.2, 0.25) is 11.8 Å². The Balaban J connectivity index is 1.57. The van der Waals surface area contributed by atoms with Gasteiger partial charge in [-0.05, 0) is 48.5 Å². The molecule has 5 aromatic rings. The molecule has 0 aliphatic rings. The van der Waals surface area contributed by atoms with E-state index >= 15 is 0 Å². The highest BCUT2D eigenvalue weighted by Gasteiger charge is 2.43. The number of hydrogen-bond donors (Lipinski definition) is 10. The Labute approximate surface area is 424 Å². The number of nitriles is 1. The number of azo groups is 2. The fourth-order valence-electron chi connectivity index (χ4n) is 6.76. The van der Waals surface area contributed by atoms with Gasteiger partial charge in [-0.15, -0.1) is 20.5 Å². The fourth-order valence-corrected chi connectivity index (χ4v) is 6.76. The van der Waals surface area contributed by atoms with Crippen molar-refractivity contribution < 1.29 is 106 Å². The van der Waals surface area contributed by atoms with Crippen LogP contribution in [0, 0.1) is 17.9 Å². The van der Waals surface area contributed by atoms with Crippen molar-refractivity contribution in [3.8, 4) is 17.8 Å². The molecule has 5 rings (SSSR count). The molecule has 0 saturated carbocycles. The van der Waals surface area contributed by atoms with Gasteiger partial charge in [-0.1, -0.05) is 6.58 Å². The number of aromatic carboxylic acids is 6. The molecule has 0 unspecified atom stereocenters. The van der Waals surface area contributed by atoms with E-state index < -0.39 is 191 Å². The van der Waals surface area contributed by atoms with Crippen LogP contribution >= 0.6 is 0 Å². The van der Waals surface area contributed by atoms with Gasteiger partial charge in [0, 0.05) is 13.1 Å². The summed E-state index contributed by atoms with van der Waals surface area (Å²) in [6, 6.07) is 5.35. The molecule has 78 heavy (non-hydrogen) atoms. The third-order valence-corrected chi connectivity index (χ3v) is 10.2. The summed E-state index contributed by atoms with van der Waals surface area (Å²) in [7, 11) is 0. The van der Waals surface area contributed by atoms with Gasteiger partial charge in [0.25, 0.3) is 28.6 Å². The highest BCUT2D eigenvalue weighted by atomic mass is 19.4. The van der Waals surface area contributed by atoms with Crippen molar-refractivity contribution in [1.29, 1.82) is 5.26 Å². The van der Waals surface area contributed by atoms with Crippen molar-refractivity contribution in [2.75, 3.05) is 6.54 Å². The smallest absolute Gasteiger partial charge is 0.420 e. The summed E-state index contributed by atoms with van der Waals surface area (Å²) in [6.45, 7) is 8.30. The summed E-state index contributed by atoms with van der Waals surface area (Å²) in [4.78, 5) is 128. The van der Waals surface area contributed by atoms with E-state index in [1.54, 1.807) is 5.32 Å². The number of pyridine rings is 2. The van der Waals surface area contributed by atoms with E-state index in [4.69, 9.17) is 6.57 Å². The first kappa shape index (κ1) is 57.3. The van der Waals surface area contributed by atoms with Gasteiger partial charge in [0.05, 0.1) is 56.6 Å². The Morgan fingerprint density at radius 2 is 1.05 bits per heavy atom. The summed E-state index contributed by atoms with van der Waals surface area (Å²) in [6.07, 6.45) is -11.5. The number of rotatable bonds is 17. The minimum Gasteiger partial charge on any atom is -0.493 e. The molecule has 0 radical (unpaired) electrons. The molecule has 0 bridgehead atoms. The average Bonchev–Trinajstić information content (AvgIpc) is 3.39. The number of alkyl halides is 6. The fraction of sp³-hybridized carbons (Fsp3) is 0.0909. The first-order chi connectivity index (χ1) is 36.3. The number of halogens is 6. The lowest BCUT2D eigenvalue weighted by Crippen LogP contribution is -2.34. The molecule has 0 aliphatic heterocycles. The standard InChI is InChI=1S/C44H24F6N10O18/c1-14(60-35(65)28(52-2)27(44(48,49)50)30(36(60)66)58-56-25-10-16(38(69)70)4-6-18(25)40(73)74)54-32(62)20-11-19(21(41(75)76)12-22(20)42(77)78)31(61)53-7-8-59-33(63)23(13-51)26(43(45,46)47)29(34(59)64)57-55-24-9-15(37(67)68)3-5-17(24)39(71)72/h3-6,9-12,64,66H,1,7-8H2,(H,53,61)(H,54,62)(H,67,68)(H,69,70)(H,71,72)(H,73,74)(H,75,76)(H,77,78). The second kappa shape index (κ2) is 21.9. The van der Waals surface area contributed by atoms with Crippen LogP contribution in [-0.2, 0) is 18.9 Å². The van der Waals surface area contributed by atoms with Crippen LogP contribution in [0.5, 0.6) is 11.8 Å². The topological polar surface area (TPSA) is 444 Å². The Bertz CT molecular complexity index is 3810. The zero-order chi connectivity index (χ0) is 58.6. The zero-order valence-corrected chi connectivity index (χ0v) is 37.7. The molecule has 400 valence electrons. The van der Waals surface area contributed by atoms with E-state index in [9.17, 15) is 120 Å². The molecule has 0 fully saturated rings. The molecular formula is C44H24F6N10O18. The number of carboxylic acids is 6. The molecule has 2 aromatic heterocycles. The van der Waals surface area contributed by atoms with Gasteiger partial charge in [-0.3, -0.25) is 23.7 Å². The Morgan fingerprint density at radius 1 is 0.615 bits per heavy atom. The summed E-state index contributed by atoms with van der Waals surface area (Å²) in [5.74, 6) is -19.8. The van der Waals surface area contributed by atoms with Crippen LogP contribution in [0.25, 0.3) is 10.7 Å². The Kier molecular flexibility index (Phi) is 16.1. The number of carboxylic acid groups (broad SMARTS) is 6. The molecule has 28 nitrogen and oxygen atoms in total. The molecule has 2 amide bonds. The summed E-state index contributed by atoms with van der Waals surface area (Å²) < 4.78 is 86.2. The lowest BCUT2D eigenvalue weighted by atomic mass is 9.97. The quantitative estimate of drug-likeness (QED) is 0.0282. The first-order valence-electron chi connectivity index (χ1n) is 20.2. The Morgan fingerprint density at radius 3 is 1.46 bits per heavy atom. The zero-order valence-electron chi connectivity index (χ0n) is 37.7. The number of carbonyl (C=O) groups excluding carboxylic acids is 2. The average molecular weight is 1090 g/mol. The van der Waals surface area contributed by atoms with Crippen molar-refractivity contribution in [2.45, 2.75) is 18.9 Å². The number of benzene rings is 3. The van der Waals surface area contributed by atoms with Crippen LogP contribution in [0.3, 0.4) is 0 Å². The third kappa shape index (κ3) is 11.5. The number of amides is 2. The van der Waals surface area contributed by atoms with E-state index in [0.717, 1.165) is 18.2 Å². The van der Waals surface area contributed by atoms with Crippen molar-refractivity contribution in [3.05, 3.63) is 148 Å². The number of aromatic hydroxyl groups is 2. The molecule has 0 aliphatic carbocycles. The molecule has 3 aromatic carbocycles. The summed E-state index contributed by atoms with van der Waals surface area (Å²) in [5, 5.41) is 106. The van der Waals surface area contributed by atoms with Gasteiger partial charge in [0.1, 0.15) is 40.1 Å². The van der Waals surface area contributed by atoms with Crippen LogP contribution in [0.2, 0.25) is 0 Å². The maximum absolute atomic E-state index is 14.5. The highest BCUT2D eigenvalue weighted by Crippen LogP contribution is 2.47. The van der Waals surface area contributed by atoms with E-state index in [2.05, 4.69) is 31.9 Å². The minimum atomic E-state index is -5.77. The maximum Gasteiger partial charge on any atom is 0.420 e. The number of aromatic nitrogens is 2. The normalized spacial score (nSPS) is 11.4. The third-order valence-electron chi connectivity index (χ3n) is 10.2. The van der Waals surface area contributed by atoms with Crippen molar-refractivity contribution in [2.24, 2.45) is 20.5 Å². The Hall–Kier alpha value is -11.6. The lowest BCUT2D eigenvalue weighted by Gasteiger charge is -2.19. The van der Waals surface area contributed by atoms with Gasteiger partial charge in [-0.25, -0.2) is 38.2 Å². The maximum atomic E-state index is 14.5. The van der Waals surface area contributed by atoms with Gasteiger partial charge in [0.15, 0.2) is 5.69 Å². The SMILES string of the molecule is [C-]#[N+]c1c(C(F)(F)F)c(N=Nc2cc(C(=O)O)ccc2C(=O)O)c(O)n(C(=C)NC(=O)c2cc(C(=O)NCCn3c(O)c(N=Nc4cc(C(=O)O)ccc4C(=O)O)c(C(F)(F)F)c(C#N)c3=O)c(C(=O)O)cc2C(=O)O)c1=O. The molecule has 0 saturated heterocycles. The predicted molar refractivity (Wildman–Crippen MR) is 240 cm³/mol. The van der Waals surface area contributed by atoms with E-state index in [-0.39, 0.29) is 21.3 Å². The van der Waals surface area contributed by atoms with Crippen molar-refractivity contribution in [1.82, 2.24) is 19.8 Å². The molecule has 0 spiro atoms. The molecule has 34 heteroatoms. The lowest BCUT2D eigenvalue weighted by molar-refractivity contribution is -0.138. The number of nitrogens with one attached hydrogen (secondary N) is 2. The number of nitrogens with zero attached hydrogens (tertiary/aromatic N) is 8. The van der Waals surface area contributed by atoms with Crippen molar-refractivity contribution in [3.63, 3.8) is 0 Å². The summed E-state index contributed by atoms with van der Waals surface area (Å²) >= 11 is 0. The molecule has 0 atom stereocenters. The second-order valence-corrected chi connectivity index (χ2v) is 14.9. The van der Waals surface area contributed by atoms with Gasteiger partial charge >= 0.3 is 48.2 Å². The monoisotopic (exact) mass is 1090 g/mol. The minimum absolute atomic E-state index is 0.0146. The molecule has 2 heterocycles. The van der Waals surface area contributed by atoms with Gasteiger partial charge in [-0.2, -0.15) is 31.6 Å². The van der Waals surface area contributed by atoms with E-state index in [0.29, 0.717) is 24.3 Å². The van der Waals surface area contributed by atoms with Crippen LogP contribution in [-0.4, -0.2) is 104 Å².